The lowest BCUT2D eigenvalue weighted by Crippen LogP contribution is -2.36. The van der Waals surface area contributed by atoms with E-state index in [1.54, 1.807) is 13.8 Å². The van der Waals surface area contributed by atoms with Crippen LogP contribution < -0.4 is 5.32 Å². The van der Waals surface area contributed by atoms with Crippen LogP contribution in [-0.2, 0) is 14.3 Å². The summed E-state index contributed by atoms with van der Waals surface area (Å²) in [5.74, 6) is -2.82. The minimum atomic E-state index is -4.51. The van der Waals surface area contributed by atoms with Crippen molar-refractivity contribution in [2.24, 2.45) is 5.92 Å². The normalized spacial score (nSPS) is 17.8. The summed E-state index contributed by atoms with van der Waals surface area (Å²) in [7, 11) is 1.21. The van der Waals surface area contributed by atoms with E-state index in [0.29, 0.717) is 10.5 Å². The zero-order chi connectivity index (χ0) is 18.9. The molecule has 138 valence electrons. The Kier molecular flexibility index (Phi) is 5.40. The Morgan fingerprint density at radius 2 is 2.00 bits per heavy atom. The average molecular weight is 378 g/mol. The van der Waals surface area contributed by atoms with Crippen molar-refractivity contribution in [1.29, 1.82) is 0 Å². The van der Waals surface area contributed by atoms with Gasteiger partial charge in [0.1, 0.15) is 11.5 Å². The highest BCUT2D eigenvalue weighted by Crippen LogP contribution is 2.34. The minimum Gasteiger partial charge on any atom is -0.465 e. The van der Waals surface area contributed by atoms with Gasteiger partial charge in [0.25, 0.3) is 0 Å². The highest BCUT2D eigenvalue weighted by Gasteiger charge is 2.40. The molecule has 1 atom stereocenters. The van der Waals surface area contributed by atoms with Crippen LogP contribution in [-0.4, -0.2) is 49.1 Å². The predicted molar refractivity (Wildman–Crippen MR) is 84.5 cm³/mol. The van der Waals surface area contributed by atoms with E-state index in [0.717, 1.165) is 4.88 Å². The zero-order valence-electron chi connectivity index (χ0n) is 13.8. The van der Waals surface area contributed by atoms with Crippen LogP contribution in [0.25, 0.3) is 0 Å². The first-order valence-corrected chi connectivity index (χ1v) is 8.18. The van der Waals surface area contributed by atoms with Gasteiger partial charge in [-0.05, 0) is 19.4 Å². The molecule has 2 amide bonds. The van der Waals surface area contributed by atoms with E-state index < -0.39 is 36.4 Å². The second-order valence-electron chi connectivity index (χ2n) is 5.76. The van der Waals surface area contributed by atoms with E-state index in [1.807, 2.05) is 0 Å². The number of nitrogens with one attached hydrogen (secondary N) is 1. The Bertz CT molecular complexity index is 714. The van der Waals surface area contributed by atoms with Crippen molar-refractivity contribution in [3.63, 3.8) is 0 Å². The molecule has 1 saturated heterocycles. The molecule has 1 aliphatic heterocycles. The number of thiophene rings is 1. The van der Waals surface area contributed by atoms with E-state index in [9.17, 15) is 27.6 Å². The van der Waals surface area contributed by atoms with E-state index in [2.05, 4.69) is 5.32 Å². The molecule has 0 saturated carbocycles. The van der Waals surface area contributed by atoms with Crippen molar-refractivity contribution in [2.45, 2.75) is 26.4 Å². The van der Waals surface area contributed by atoms with Gasteiger partial charge in [-0.2, -0.15) is 13.2 Å². The summed E-state index contributed by atoms with van der Waals surface area (Å²) in [6, 6.07) is 0. The maximum absolute atomic E-state index is 12.4. The highest BCUT2D eigenvalue weighted by molar-refractivity contribution is 7.16. The van der Waals surface area contributed by atoms with Crippen molar-refractivity contribution in [3.05, 3.63) is 16.0 Å². The molecule has 0 aromatic carbocycles. The Morgan fingerprint density at radius 1 is 1.36 bits per heavy atom. The fourth-order valence-electron chi connectivity index (χ4n) is 2.59. The SMILES string of the molecule is COC(=O)c1c(NC(=O)[C@@H]2CC(=O)N(CC(F)(F)F)C2)sc(C)c1C. The first-order chi connectivity index (χ1) is 11.5. The molecule has 0 unspecified atom stereocenters. The monoisotopic (exact) mass is 378 g/mol. The molecule has 0 spiro atoms. The van der Waals surface area contributed by atoms with Gasteiger partial charge < -0.3 is 15.0 Å². The van der Waals surface area contributed by atoms with Crippen molar-refractivity contribution in [3.8, 4) is 0 Å². The molecular formula is C15H17F3N2O4S. The number of anilines is 1. The minimum absolute atomic E-state index is 0.217. The van der Waals surface area contributed by atoms with Crippen molar-refractivity contribution in [2.75, 3.05) is 25.5 Å². The summed E-state index contributed by atoms with van der Waals surface area (Å²) in [4.78, 5) is 37.3. The Morgan fingerprint density at radius 3 is 2.56 bits per heavy atom. The number of likely N-dealkylation sites (tertiary alicyclic amines) is 1. The fraction of sp³-hybridized carbons (Fsp3) is 0.533. The zero-order valence-corrected chi connectivity index (χ0v) is 14.6. The van der Waals surface area contributed by atoms with Gasteiger partial charge in [-0.3, -0.25) is 9.59 Å². The van der Waals surface area contributed by atoms with Gasteiger partial charge in [-0.25, -0.2) is 4.79 Å². The smallest absolute Gasteiger partial charge is 0.406 e. The van der Waals surface area contributed by atoms with Crippen molar-refractivity contribution < 1.29 is 32.3 Å². The summed E-state index contributed by atoms with van der Waals surface area (Å²) in [6.07, 6.45) is -4.81. The largest absolute Gasteiger partial charge is 0.465 e. The van der Waals surface area contributed by atoms with Crippen LogP contribution in [0.15, 0.2) is 0 Å². The van der Waals surface area contributed by atoms with Crippen LogP contribution in [0.2, 0.25) is 0 Å². The van der Waals surface area contributed by atoms with E-state index in [-0.39, 0.29) is 23.5 Å². The molecule has 1 aromatic heterocycles. The number of carbonyl (C=O) groups is 3. The van der Waals surface area contributed by atoms with Crippen molar-refractivity contribution >= 4 is 34.1 Å². The molecule has 0 radical (unpaired) electrons. The number of alkyl halides is 3. The number of nitrogens with zero attached hydrogens (tertiary/aromatic N) is 1. The molecule has 2 heterocycles. The first-order valence-electron chi connectivity index (χ1n) is 7.37. The van der Waals surface area contributed by atoms with Crippen LogP contribution in [0.1, 0.15) is 27.2 Å². The van der Waals surface area contributed by atoms with Crippen LogP contribution in [0.3, 0.4) is 0 Å². The number of esters is 1. The van der Waals surface area contributed by atoms with E-state index in [1.165, 1.54) is 18.4 Å². The highest BCUT2D eigenvalue weighted by atomic mass is 32.1. The maximum atomic E-state index is 12.4. The summed E-state index contributed by atoms with van der Waals surface area (Å²) < 4.78 is 42.0. The Labute approximate surface area is 145 Å². The lowest BCUT2D eigenvalue weighted by molar-refractivity contribution is -0.157. The molecule has 25 heavy (non-hydrogen) atoms. The predicted octanol–water partition coefficient (Wildman–Crippen LogP) is 2.50. The second-order valence-corrected chi connectivity index (χ2v) is 6.98. The average Bonchev–Trinajstić information content (AvgIpc) is 2.98. The van der Waals surface area contributed by atoms with E-state index in [4.69, 9.17) is 4.74 Å². The Hall–Kier alpha value is -2.10. The molecule has 10 heteroatoms. The third-order valence-corrected chi connectivity index (χ3v) is 5.09. The molecular weight excluding hydrogens is 361 g/mol. The molecule has 1 N–H and O–H groups in total. The van der Waals surface area contributed by atoms with Gasteiger partial charge in [0.2, 0.25) is 11.8 Å². The molecule has 1 fully saturated rings. The van der Waals surface area contributed by atoms with Gasteiger partial charge in [0.15, 0.2) is 0 Å². The van der Waals surface area contributed by atoms with Gasteiger partial charge in [-0.15, -0.1) is 11.3 Å². The van der Waals surface area contributed by atoms with Gasteiger partial charge >= 0.3 is 12.1 Å². The summed E-state index contributed by atoms with van der Waals surface area (Å²) in [5, 5.41) is 2.82. The molecule has 1 aliphatic rings. The third kappa shape index (κ3) is 4.30. The van der Waals surface area contributed by atoms with Gasteiger partial charge in [0, 0.05) is 17.8 Å². The fourth-order valence-corrected chi connectivity index (χ4v) is 3.65. The number of methoxy groups -OCH3 is 1. The molecule has 0 bridgehead atoms. The molecule has 6 nitrogen and oxygen atoms in total. The summed E-state index contributed by atoms with van der Waals surface area (Å²) >= 11 is 1.17. The second kappa shape index (κ2) is 7.03. The molecule has 1 aromatic rings. The summed E-state index contributed by atoms with van der Waals surface area (Å²) in [6.45, 7) is 1.80. The quantitative estimate of drug-likeness (QED) is 0.817. The number of hydrogen-bond donors (Lipinski definition) is 1. The van der Waals surface area contributed by atoms with Crippen LogP contribution in [0.5, 0.6) is 0 Å². The van der Waals surface area contributed by atoms with Gasteiger partial charge in [0.05, 0.1) is 18.6 Å². The lowest BCUT2D eigenvalue weighted by atomic mass is 10.1. The standard InChI is InChI=1S/C15H17F3N2O4S/c1-7-8(2)25-13(11(7)14(23)24-3)19-12(22)9-4-10(21)20(5-9)6-15(16,17)18/h9H,4-6H2,1-3H3,(H,19,22)/t9-/m1/s1. The molecule has 0 aliphatic carbocycles. The van der Waals surface area contributed by atoms with Gasteiger partial charge in [-0.1, -0.05) is 0 Å². The number of hydrogen-bond acceptors (Lipinski definition) is 5. The topological polar surface area (TPSA) is 75.7 Å². The number of aryl methyl sites for hydroxylation is 1. The summed E-state index contributed by atoms with van der Waals surface area (Å²) in [5.41, 5.74) is 0.878. The number of halogens is 3. The lowest BCUT2D eigenvalue weighted by Gasteiger charge is -2.18. The van der Waals surface area contributed by atoms with Crippen LogP contribution in [0, 0.1) is 19.8 Å². The maximum Gasteiger partial charge on any atom is 0.406 e. The third-order valence-electron chi connectivity index (χ3n) is 3.97. The van der Waals surface area contributed by atoms with Crippen LogP contribution in [0.4, 0.5) is 18.2 Å². The molecule has 2 rings (SSSR count). The van der Waals surface area contributed by atoms with E-state index >= 15 is 0 Å². The van der Waals surface area contributed by atoms with Crippen molar-refractivity contribution in [1.82, 2.24) is 4.90 Å². The number of carbonyl (C=O) groups excluding carboxylic acids is 3. The number of ether oxygens (including phenoxy) is 1. The number of rotatable bonds is 4. The Balaban J connectivity index is 2.12. The van der Waals surface area contributed by atoms with Crippen LogP contribution >= 0.6 is 11.3 Å². The first kappa shape index (κ1) is 19.2. The number of amides is 2.